The minimum Gasteiger partial charge on any atom is -0.457 e. The van der Waals surface area contributed by atoms with Crippen LogP contribution in [0.15, 0.2) is 78.9 Å². The van der Waals surface area contributed by atoms with E-state index in [2.05, 4.69) is 5.32 Å². The molecule has 31 heavy (non-hydrogen) atoms. The zero-order valence-electron chi connectivity index (χ0n) is 17.0. The van der Waals surface area contributed by atoms with Crippen molar-refractivity contribution in [1.29, 1.82) is 0 Å². The molecule has 1 aliphatic rings. The highest BCUT2D eigenvalue weighted by molar-refractivity contribution is 5.95. The van der Waals surface area contributed by atoms with Gasteiger partial charge in [0.25, 0.3) is 5.91 Å². The summed E-state index contributed by atoms with van der Waals surface area (Å²) in [7, 11) is 0. The van der Waals surface area contributed by atoms with E-state index in [9.17, 15) is 14.0 Å². The lowest BCUT2D eigenvalue weighted by molar-refractivity contribution is -0.121. The van der Waals surface area contributed by atoms with Crippen molar-refractivity contribution >= 4 is 17.5 Å². The molecule has 0 unspecified atom stereocenters. The number of rotatable bonds is 5. The van der Waals surface area contributed by atoms with Gasteiger partial charge in [0.2, 0.25) is 5.91 Å². The second-order valence-corrected chi connectivity index (χ2v) is 7.50. The molecule has 1 aliphatic heterocycles. The molecule has 1 fully saturated rings. The van der Waals surface area contributed by atoms with E-state index >= 15 is 0 Å². The lowest BCUT2D eigenvalue weighted by Gasteiger charge is -2.31. The molecule has 5 nitrogen and oxygen atoms in total. The highest BCUT2D eigenvalue weighted by atomic mass is 19.1. The second-order valence-electron chi connectivity index (χ2n) is 7.50. The molecule has 1 N–H and O–H groups in total. The van der Waals surface area contributed by atoms with Crippen molar-refractivity contribution < 1.29 is 18.7 Å². The van der Waals surface area contributed by atoms with E-state index in [1.807, 2.05) is 54.6 Å². The third-order valence-electron chi connectivity index (χ3n) is 5.34. The van der Waals surface area contributed by atoms with Gasteiger partial charge in [0.15, 0.2) is 0 Å². The minimum absolute atomic E-state index is 0.0504. The number of amides is 2. The number of ether oxygens (including phenoxy) is 1. The standard InChI is InChI=1S/C25H23FN2O3/c26-20-8-6-19(7-9-20)25(30)28-16-14-18(15-17-28)24(29)27-21-10-12-23(13-11-21)31-22-4-2-1-3-5-22/h1-13,18H,14-17H2,(H,27,29). The summed E-state index contributed by atoms with van der Waals surface area (Å²) in [5.74, 6) is 0.737. The SMILES string of the molecule is O=C(Nc1ccc(Oc2ccccc2)cc1)C1CCN(C(=O)c2ccc(F)cc2)CC1. The summed E-state index contributed by atoms with van der Waals surface area (Å²) in [6, 6.07) is 22.3. The van der Waals surface area contributed by atoms with Gasteiger partial charge in [-0.1, -0.05) is 18.2 Å². The summed E-state index contributed by atoms with van der Waals surface area (Å²) in [5, 5.41) is 2.95. The molecular formula is C25H23FN2O3. The first-order valence-electron chi connectivity index (χ1n) is 10.3. The number of carbonyl (C=O) groups is 2. The van der Waals surface area contributed by atoms with Crippen LogP contribution < -0.4 is 10.1 Å². The van der Waals surface area contributed by atoms with E-state index < -0.39 is 0 Å². The minimum atomic E-state index is -0.369. The van der Waals surface area contributed by atoms with Gasteiger partial charge in [0.05, 0.1) is 0 Å². The Hall–Kier alpha value is -3.67. The van der Waals surface area contributed by atoms with Crippen molar-refractivity contribution in [1.82, 2.24) is 4.90 Å². The number of nitrogens with one attached hydrogen (secondary N) is 1. The quantitative estimate of drug-likeness (QED) is 0.627. The van der Waals surface area contributed by atoms with Gasteiger partial charge in [-0.25, -0.2) is 4.39 Å². The number of likely N-dealkylation sites (tertiary alicyclic amines) is 1. The van der Waals surface area contributed by atoms with Crippen molar-refractivity contribution in [3.8, 4) is 11.5 Å². The average Bonchev–Trinajstić information content (AvgIpc) is 2.81. The molecule has 0 atom stereocenters. The molecule has 2 amide bonds. The third kappa shape index (κ3) is 5.28. The van der Waals surface area contributed by atoms with Crippen molar-refractivity contribution in [2.45, 2.75) is 12.8 Å². The topological polar surface area (TPSA) is 58.6 Å². The predicted octanol–water partition coefficient (Wildman–Crippen LogP) is 5.11. The normalized spacial score (nSPS) is 14.2. The molecule has 6 heteroatoms. The van der Waals surface area contributed by atoms with Crippen molar-refractivity contribution in [3.05, 3.63) is 90.2 Å². The fourth-order valence-corrected chi connectivity index (χ4v) is 3.60. The van der Waals surface area contributed by atoms with Crippen LogP contribution in [0, 0.1) is 11.7 Å². The third-order valence-corrected chi connectivity index (χ3v) is 5.34. The van der Waals surface area contributed by atoms with Gasteiger partial charge < -0.3 is 15.0 Å². The summed E-state index contributed by atoms with van der Waals surface area (Å²) in [6.07, 6.45) is 1.18. The van der Waals surface area contributed by atoms with E-state index in [0.717, 1.165) is 5.75 Å². The summed E-state index contributed by atoms with van der Waals surface area (Å²) < 4.78 is 18.8. The first-order chi connectivity index (χ1) is 15.1. The summed E-state index contributed by atoms with van der Waals surface area (Å²) in [5.41, 5.74) is 1.16. The Morgan fingerprint density at radius 1 is 0.839 bits per heavy atom. The molecule has 3 aromatic carbocycles. The Morgan fingerprint density at radius 2 is 1.45 bits per heavy atom. The molecule has 1 saturated heterocycles. The van der Waals surface area contributed by atoms with Crippen LogP contribution in [0.25, 0.3) is 0 Å². The molecular weight excluding hydrogens is 395 g/mol. The highest BCUT2D eigenvalue weighted by Gasteiger charge is 2.27. The van der Waals surface area contributed by atoms with Crippen LogP contribution in [-0.4, -0.2) is 29.8 Å². The summed E-state index contributed by atoms with van der Waals surface area (Å²) in [6.45, 7) is 0.996. The maximum absolute atomic E-state index is 13.1. The smallest absolute Gasteiger partial charge is 0.253 e. The molecule has 0 bridgehead atoms. The van der Waals surface area contributed by atoms with Crippen LogP contribution >= 0.6 is 0 Å². The molecule has 0 spiro atoms. The van der Waals surface area contributed by atoms with Gasteiger partial charge in [0.1, 0.15) is 17.3 Å². The zero-order valence-corrected chi connectivity index (χ0v) is 17.0. The number of nitrogens with zero attached hydrogens (tertiary/aromatic N) is 1. The Bertz CT molecular complexity index is 1030. The van der Waals surface area contributed by atoms with Crippen LogP contribution in [0.3, 0.4) is 0 Å². The molecule has 4 rings (SSSR count). The Labute approximate surface area is 180 Å². The Morgan fingerprint density at radius 3 is 2.10 bits per heavy atom. The number of piperidine rings is 1. The van der Waals surface area contributed by atoms with Gasteiger partial charge in [-0.05, 0) is 73.5 Å². The second kappa shape index (κ2) is 9.43. The molecule has 0 aliphatic carbocycles. The van der Waals surface area contributed by atoms with E-state index in [4.69, 9.17) is 4.74 Å². The van der Waals surface area contributed by atoms with Gasteiger partial charge in [-0.15, -0.1) is 0 Å². The average molecular weight is 418 g/mol. The number of anilines is 1. The van der Waals surface area contributed by atoms with Crippen LogP contribution in [0.5, 0.6) is 11.5 Å². The number of hydrogen-bond donors (Lipinski definition) is 1. The Balaban J connectivity index is 1.28. The molecule has 1 heterocycles. The van der Waals surface area contributed by atoms with Crippen LogP contribution in [0.1, 0.15) is 23.2 Å². The van der Waals surface area contributed by atoms with Crippen molar-refractivity contribution in [2.24, 2.45) is 5.92 Å². The first kappa shape index (κ1) is 20.6. The highest BCUT2D eigenvalue weighted by Crippen LogP contribution is 2.24. The lowest BCUT2D eigenvalue weighted by atomic mass is 9.95. The monoisotopic (exact) mass is 418 g/mol. The summed E-state index contributed by atoms with van der Waals surface area (Å²) >= 11 is 0. The molecule has 0 aromatic heterocycles. The number of benzene rings is 3. The van der Waals surface area contributed by atoms with Crippen molar-refractivity contribution in [2.75, 3.05) is 18.4 Å². The van der Waals surface area contributed by atoms with Crippen molar-refractivity contribution in [3.63, 3.8) is 0 Å². The van der Waals surface area contributed by atoms with Gasteiger partial charge in [-0.3, -0.25) is 9.59 Å². The van der Waals surface area contributed by atoms with Crippen LogP contribution in [0.2, 0.25) is 0 Å². The van der Waals surface area contributed by atoms with Gasteiger partial charge in [0, 0.05) is 30.3 Å². The van der Waals surface area contributed by atoms with Crippen LogP contribution in [-0.2, 0) is 4.79 Å². The molecule has 3 aromatic rings. The van der Waals surface area contributed by atoms with E-state index in [-0.39, 0.29) is 23.5 Å². The number of hydrogen-bond acceptors (Lipinski definition) is 3. The molecule has 0 saturated carbocycles. The fourth-order valence-electron chi connectivity index (χ4n) is 3.60. The van der Waals surface area contributed by atoms with E-state index in [1.54, 1.807) is 4.90 Å². The molecule has 0 radical (unpaired) electrons. The van der Waals surface area contributed by atoms with E-state index in [1.165, 1.54) is 24.3 Å². The number of carbonyl (C=O) groups excluding carboxylic acids is 2. The first-order valence-corrected chi connectivity index (χ1v) is 10.3. The van der Waals surface area contributed by atoms with E-state index in [0.29, 0.717) is 42.9 Å². The zero-order chi connectivity index (χ0) is 21.6. The maximum Gasteiger partial charge on any atom is 0.253 e. The number of para-hydroxylation sites is 1. The largest absolute Gasteiger partial charge is 0.457 e. The lowest BCUT2D eigenvalue weighted by Crippen LogP contribution is -2.41. The predicted molar refractivity (Wildman–Crippen MR) is 117 cm³/mol. The molecule has 158 valence electrons. The summed E-state index contributed by atoms with van der Waals surface area (Å²) in [4.78, 5) is 26.9. The van der Waals surface area contributed by atoms with Gasteiger partial charge in [-0.2, -0.15) is 0 Å². The van der Waals surface area contributed by atoms with Gasteiger partial charge >= 0.3 is 0 Å². The van der Waals surface area contributed by atoms with Crippen LogP contribution in [0.4, 0.5) is 10.1 Å². The maximum atomic E-state index is 13.1. The number of halogens is 1. The fraction of sp³-hybridized carbons (Fsp3) is 0.200. The Kier molecular flexibility index (Phi) is 6.26.